The van der Waals surface area contributed by atoms with E-state index in [4.69, 9.17) is 15.2 Å². The minimum Gasteiger partial charge on any atom is -0.382 e. The van der Waals surface area contributed by atoms with E-state index in [1.165, 1.54) is 0 Å². The summed E-state index contributed by atoms with van der Waals surface area (Å²) in [6.07, 6.45) is 3.27. The minimum absolute atomic E-state index is 0.308. The van der Waals surface area contributed by atoms with Crippen LogP contribution in [0.5, 0.6) is 0 Å². The highest BCUT2D eigenvalue weighted by atomic mass is 16.5. The topological polar surface area (TPSA) is 44.5 Å². The van der Waals surface area contributed by atoms with Gasteiger partial charge in [0.2, 0.25) is 0 Å². The van der Waals surface area contributed by atoms with Crippen molar-refractivity contribution < 1.29 is 9.47 Å². The Labute approximate surface area is 80.6 Å². The lowest BCUT2D eigenvalue weighted by Gasteiger charge is -2.16. The summed E-state index contributed by atoms with van der Waals surface area (Å²) in [4.78, 5) is 0. The van der Waals surface area contributed by atoms with Gasteiger partial charge in [0.25, 0.3) is 0 Å². The molecule has 2 atom stereocenters. The van der Waals surface area contributed by atoms with E-state index in [2.05, 4.69) is 0 Å². The van der Waals surface area contributed by atoms with Crippen molar-refractivity contribution in [3.8, 4) is 0 Å². The Balaban J connectivity index is 1.99. The Kier molecular flexibility index (Phi) is 5.35. The second kappa shape index (κ2) is 6.35. The molecule has 2 unspecified atom stereocenters. The summed E-state index contributed by atoms with van der Waals surface area (Å²) in [5.74, 6) is 0.585. The molecule has 0 saturated carbocycles. The molecule has 1 fully saturated rings. The van der Waals surface area contributed by atoms with E-state index in [-0.39, 0.29) is 0 Å². The van der Waals surface area contributed by atoms with Gasteiger partial charge in [0.05, 0.1) is 6.61 Å². The molecule has 1 saturated heterocycles. The van der Waals surface area contributed by atoms with Crippen LogP contribution in [0.4, 0.5) is 0 Å². The van der Waals surface area contributed by atoms with Crippen LogP contribution in [-0.4, -0.2) is 32.5 Å². The van der Waals surface area contributed by atoms with E-state index in [0.29, 0.717) is 12.0 Å². The van der Waals surface area contributed by atoms with Gasteiger partial charge in [-0.25, -0.2) is 0 Å². The van der Waals surface area contributed by atoms with Crippen LogP contribution in [-0.2, 0) is 9.47 Å². The molecule has 0 spiro atoms. The average Bonchev–Trinajstić information content (AvgIpc) is 2.65. The summed E-state index contributed by atoms with van der Waals surface area (Å²) >= 11 is 0. The molecule has 3 nitrogen and oxygen atoms in total. The lowest BCUT2D eigenvalue weighted by molar-refractivity contribution is 0.138. The van der Waals surface area contributed by atoms with Crippen LogP contribution in [0, 0.1) is 5.92 Å². The molecular formula is C10H21NO2. The highest BCUT2D eigenvalue weighted by Crippen LogP contribution is 2.18. The number of nitrogens with two attached hydrogens (primary N) is 1. The lowest BCUT2D eigenvalue weighted by atomic mass is 9.96. The fraction of sp³-hybridized carbons (Fsp3) is 1.00. The molecule has 0 amide bonds. The molecule has 2 N–H and O–H groups in total. The molecule has 1 heterocycles. The van der Waals surface area contributed by atoms with Crippen molar-refractivity contribution in [2.45, 2.75) is 32.2 Å². The number of hydrogen-bond donors (Lipinski definition) is 1. The molecule has 1 aliphatic rings. The lowest BCUT2D eigenvalue weighted by Crippen LogP contribution is -2.30. The standard InChI is InChI=1S/C10H21NO2/c1-2-12-6-3-4-10(11)9-5-7-13-8-9/h9-10H,2-8,11H2,1H3. The highest BCUT2D eigenvalue weighted by Gasteiger charge is 2.21. The first kappa shape index (κ1) is 11.0. The zero-order chi connectivity index (χ0) is 9.52. The third-order valence-electron chi connectivity index (χ3n) is 2.60. The number of rotatable bonds is 6. The number of hydrogen-bond acceptors (Lipinski definition) is 3. The Morgan fingerprint density at radius 3 is 3.08 bits per heavy atom. The van der Waals surface area contributed by atoms with E-state index in [0.717, 1.165) is 45.7 Å². The van der Waals surface area contributed by atoms with Gasteiger partial charge in [0.15, 0.2) is 0 Å². The van der Waals surface area contributed by atoms with Crippen LogP contribution < -0.4 is 5.73 Å². The van der Waals surface area contributed by atoms with E-state index in [1.807, 2.05) is 6.92 Å². The first-order chi connectivity index (χ1) is 6.34. The summed E-state index contributed by atoms with van der Waals surface area (Å²) in [5.41, 5.74) is 6.03. The average molecular weight is 187 g/mol. The largest absolute Gasteiger partial charge is 0.382 e. The molecule has 0 aromatic heterocycles. The first-order valence-corrected chi connectivity index (χ1v) is 5.25. The van der Waals surface area contributed by atoms with Gasteiger partial charge >= 0.3 is 0 Å². The number of ether oxygens (including phenoxy) is 2. The molecule has 1 aliphatic heterocycles. The molecule has 0 aromatic carbocycles. The van der Waals surface area contributed by atoms with Crippen molar-refractivity contribution in [1.82, 2.24) is 0 Å². The fourth-order valence-electron chi connectivity index (χ4n) is 1.69. The zero-order valence-corrected chi connectivity index (χ0v) is 8.50. The Hall–Kier alpha value is -0.120. The quantitative estimate of drug-likeness (QED) is 0.635. The zero-order valence-electron chi connectivity index (χ0n) is 8.50. The Bertz CT molecular complexity index is 124. The molecule has 3 heteroatoms. The van der Waals surface area contributed by atoms with Crippen LogP contribution in [0.25, 0.3) is 0 Å². The maximum absolute atomic E-state index is 6.03. The van der Waals surface area contributed by atoms with Crippen molar-refractivity contribution in [3.05, 3.63) is 0 Å². The third-order valence-corrected chi connectivity index (χ3v) is 2.60. The van der Waals surface area contributed by atoms with E-state index in [9.17, 15) is 0 Å². The predicted octanol–water partition coefficient (Wildman–Crippen LogP) is 1.17. The first-order valence-electron chi connectivity index (χ1n) is 5.25. The van der Waals surface area contributed by atoms with Crippen molar-refractivity contribution in [1.29, 1.82) is 0 Å². The maximum Gasteiger partial charge on any atom is 0.0509 e. The molecule has 0 aliphatic carbocycles. The van der Waals surface area contributed by atoms with Crippen LogP contribution in [0.2, 0.25) is 0 Å². The summed E-state index contributed by atoms with van der Waals surface area (Å²) in [6, 6.07) is 0.308. The second-order valence-corrected chi connectivity index (χ2v) is 3.63. The molecule has 0 radical (unpaired) electrons. The van der Waals surface area contributed by atoms with E-state index >= 15 is 0 Å². The second-order valence-electron chi connectivity index (χ2n) is 3.63. The van der Waals surface area contributed by atoms with E-state index < -0.39 is 0 Å². The summed E-state index contributed by atoms with van der Waals surface area (Å²) < 4.78 is 10.6. The highest BCUT2D eigenvalue weighted by molar-refractivity contribution is 4.75. The molecule has 0 bridgehead atoms. The van der Waals surface area contributed by atoms with Gasteiger partial charge in [-0.1, -0.05) is 0 Å². The van der Waals surface area contributed by atoms with Crippen molar-refractivity contribution >= 4 is 0 Å². The SMILES string of the molecule is CCOCCCC(N)C1CCOC1. The van der Waals surface area contributed by atoms with Crippen molar-refractivity contribution in [2.24, 2.45) is 11.7 Å². The third kappa shape index (κ3) is 4.07. The van der Waals surface area contributed by atoms with Crippen LogP contribution in [0.3, 0.4) is 0 Å². The fourth-order valence-corrected chi connectivity index (χ4v) is 1.69. The Morgan fingerprint density at radius 2 is 2.46 bits per heavy atom. The van der Waals surface area contributed by atoms with Crippen LogP contribution in [0.1, 0.15) is 26.2 Å². The van der Waals surface area contributed by atoms with Crippen LogP contribution >= 0.6 is 0 Å². The van der Waals surface area contributed by atoms with Gasteiger partial charge in [0.1, 0.15) is 0 Å². The summed E-state index contributed by atoms with van der Waals surface area (Å²) in [5, 5.41) is 0. The van der Waals surface area contributed by atoms with Gasteiger partial charge in [-0.3, -0.25) is 0 Å². The smallest absolute Gasteiger partial charge is 0.0509 e. The van der Waals surface area contributed by atoms with Gasteiger partial charge in [0, 0.05) is 25.9 Å². The minimum atomic E-state index is 0.308. The van der Waals surface area contributed by atoms with Gasteiger partial charge in [-0.05, 0) is 32.1 Å². The molecule has 0 aromatic rings. The molecule has 1 rings (SSSR count). The predicted molar refractivity (Wildman–Crippen MR) is 52.6 cm³/mol. The van der Waals surface area contributed by atoms with Crippen LogP contribution in [0.15, 0.2) is 0 Å². The van der Waals surface area contributed by atoms with Gasteiger partial charge < -0.3 is 15.2 Å². The molecular weight excluding hydrogens is 166 g/mol. The van der Waals surface area contributed by atoms with Crippen molar-refractivity contribution in [2.75, 3.05) is 26.4 Å². The van der Waals surface area contributed by atoms with Gasteiger partial charge in [-0.2, -0.15) is 0 Å². The van der Waals surface area contributed by atoms with E-state index in [1.54, 1.807) is 0 Å². The summed E-state index contributed by atoms with van der Waals surface area (Å²) in [6.45, 7) is 5.42. The normalized spacial score (nSPS) is 24.9. The Morgan fingerprint density at radius 1 is 1.62 bits per heavy atom. The van der Waals surface area contributed by atoms with Crippen molar-refractivity contribution in [3.63, 3.8) is 0 Å². The maximum atomic E-state index is 6.03. The monoisotopic (exact) mass is 187 g/mol. The molecule has 78 valence electrons. The summed E-state index contributed by atoms with van der Waals surface area (Å²) in [7, 11) is 0. The van der Waals surface area contributed by atoms with Gasteiger partial charge in [-0.15, -0.1) is 0 Å². The molecule has 13 heavy (non-hydrogen) atoms.